The van der Waals surface area contributed by atoms with Gasteiger partial charge >= 0.3 is 5.69 Å². The van der Waals surface area contributed by atoms with E-state index in [-0.39, 0.29) is 24.1 Å². The third-order valence-corrected chi connectivity index (χ3v) is 2.62. The smallest absolute Gasteiger partial charge is 0.370 e. The van der Waals surface area contributed by atoms with Crippen LogP contribution in [-0.4, -0.2) is 35.1 Å². The second kappa shape index (κ2) is 4.97. The van der Waals surface area contributed by atoms with Crippen molar-refractivity contribution in [3.63, 3.8) is 0 Å². The molecule has 0 atom stereocenters. The molecule has 10 nitrogen and oxygen atoms in total. The Morgan fingerprint density at radius 3 is 3.10 bits per heavy atom. The van der Waals surface area contributed by atoms with E-state index >= 15 is 0 Å². The minimum Gasteiger partial charge on any atom is -0.471 e. The van der Waals surface area contributed by atoms with Crippen molar-refractivity contribution < 1.29 is 10.7 Å². The van der Waals surface area contributed by atoms with Crippen LogP contribution >= 0.6 is 0 Å². The Hall–Kier alpha value is -3.35. The quantitative estimate of drug-likeness (QED) is 0.627. The van der Waals surface area contributed by atoms with E-state index < -0.39 is 5.69 Å². The molecule has 3 aromatic rings. The Kier molecular flexibility index (Phi) is 2.71. The van der Waals surface area contributed by atoms with Crippen molar-refractivity contribution in [2.45, 2.75) is 6.61 Å². The lowest BCUT2D eigenvalue weighted by Crippen LogP contribution is -2.22. The second-order valence-corrected chi connectivity index (χ2v) is 3.91. The van der Waals surface area contributed by atoms with Gasteiger partial charge in [0.25, 0.3) is 5.88 Å². The van der Waals surface area contributed by atoms with Crippen LogP contribution in [0.3, 0.4) is 0 Å². The number of tetrazole rings is 1. The summed E-state index contributed by atoms with van der Waals surface area (Å²) in [4.78, 5) is 11.9. The molecule has 0 amide bonds. The Balaban J connectivity index is 1.96. The lowest BCUT2D eigenvalue weighted by Gasteiger charge is -2.01. The minimum atomic E-state index is -0.517. The number of ether oxygens (including phenoxy) is 1. The van der Waals surface area contributed by atoms with E-state index in [1.165, 1.54) is 19.3 Å². The highest BCUT2D eigenvalue weighted by Crippen LogP contribution is 2.18. The molecule has 0 aliphatic heterocycles. The van der Waals surface area contributed by atoms with E-state index in [9.17, 15) is 4.79 Å². The molecule has 0 spiro atoms. The van der Waals surface area contributed by atoms with Gasteiger partial charge in [-0.15, -0.1) is 16.2 Å². The molecule has 0 aromatic carbocycles. The van der Waals surface area contributed by atoms with Gasteiger partial charge in [0.2, 0.25) is 5.88 Å². The van der Waals surface area contributed by atoms with Gasteiger partial charge in [0.15, 0.2) is 7.11 Å². The molecule has 0 bridgehead atoms. The third-order valence-electron chi connectivity index (χ3n) is 2.62. The van der Waals surface area contributed by atoms with Gasteiger partial charge in [0, 0.05) is 19.3 Å². The van der Waals surface area contributed by atoms with Crippen molar-refractivity contribution in [1.82, 2.24) is 35.1 Å². The van der Waals surface area contributed by atoms with Crippen LogP contribution in [0, 0.1) is 12.3 Å². The summed E-state index contributed by atoms with van der Waals surface area (Å²) in [6.07, 6.45) is 6.75. The summed E-state index contributed by atoms with van der Waals surface area (Å²) in [6.45, 7) is -0.0571. The number of nitrogens with one attached hydrogen (secondary N) is 1. The fourth-order valence-electron chi connectivity index (χ4n) is 1.60. The lowest BCUT2D eigenvalue weighted by molar-refractivity contribution is 0.290. The molecule has 1 N–H and O–H groups in total. The first-order valence-electron chi connectivity index (χ1n) is 6.17. The van der Waals surface area contributed by atoms with Gasteiger partial charge in [0.1, 0.15) is 6.61 Å². The molecule has 0 unspecified atom stereocenters. The zero-order valence-electron chi connectivity index (χ0n) is 11.8. The second-order valence-electron chi connectivity index (χ2n) is 3.91. The Bertz CT molecular complexity index is 913. The van der Waals surface area contributed by atoms with Crippen LogP contribution in [0.5, 0.6) is 5.88 Å². The first-order valence-corrected chi connectivity index (χ1v) is 5.72. The lowest BCUT2D eigenvalue weighted by atomic mass is 10.2. The van der Waals surface area contributed by atoms with Crippen molar-refractivity contribution in [3.05, 3.63) is 34.0 Å². The van der Waals surface area contributed by atoms with Crippen LogP contribution in [-0.2, 0) is 13.7 Å². The van der Waals surface area contributed by atoms with Gasteiger partial charge < -0.3 is 9.26 Å². The molecule has 10 heteroatoms. The topological polar surface area (TPSA) is 117 Å². The van der Waals surface area contributed by atoms with Crippen LogP contribution < -0.4 is 10.4 Å². The summed E-state index contributed by atoms with van der Waals surface area (Å²) < 4.78 is 19.7. The molecule has 3 heterocycles. The summed E-state index contributed by atoms with van der Waals surface area (Å²) in [5, 5.41) is 15.5. The van der Waals surface area contributed by atoms with Gasteiger partial charge in [-0.05, 0) is 16.3 Å². The summed E-state index contributed by atoms with van der Waals surface area (Å²) >= 11 is 0. The molecule has 0 saturated heterocycles. The molecule has 21 heavy (non-hydrogen) atoms. The third kappa shape index (κ3) is 2.16. The number of nitrogens with zero attached hydrogens (tertiary/aromatic N) is 6. The maximum Gasteiger partial charge on any atom is 0.370 e. The number of rotatable bonds is 4. The summed E-state index contributed by atoms with van der Waals surface area (Å²) in [6, 6.07) is 1.50. The molecule has 0 radical (unpaired) electrons. The fraction of sp³-hybridized carbons (Fsp3) is 0.182. The standard InChI is InChI=1S/C11H9N7O3/c1-3-8-7(6-20-9-4-5-12-13-9)10(21-14-8)18-11(19)17(2)15-16-18/h1,4-5H,6H2,2H3,(H,12,13)/i/hT. The molecule has 106 valence electrons. The van der Waals surface area contributed by atoms with Crippen molar-refractivity contribution in [1.29, 1.82) is 0 Å². The molecule has 0 saturated carbocycles. The maximum absolute atomic E-state index is 11.9. The highest BCUT2D eigenvalue weighted by atomic mass is 16.5. The van der Waals surface area contributed by atoms with Crippen LogP contribution in [0.4, 0.5) is 0 Å². The predicted octanol–water partition coefficient (Wildman–Crippen LogP) is -0.763. The highest BCUT2D eigenvalue weighted by molar-refractivity contribution is 5.41. The number of aromatic nitrogens is 7. The average Bonchev–Trinajstić information content (AvgIpc) is 3.18. The largest absolute Gasteiger partial charge is 0.471 e. The van der Waals surface area contributed by atoms with Gasteiger partial charge in [-0.3, -0.25) is 5.09 Å². The number of hydrogen-bond acceptors (Lipinski definition) is 7. The summed E-state index contributed by atoms with van der Waals surface area (Å²) in [7, 11) is 1.45. The molecular weight excluding hydrogens is 278 g/mol. The monoisotopic (exact) mass is 289 g/mol. The molecule has 3 aromatic heterocycles. The number of H-pyrrole nitrogens is 1. The van der Waals surface area contributed by atoms with Gasteiger partial charge in [-0.2, -0.15) is 4.68 Å². The van der Waals surface area contributed by atoms with Crippen molar-refractivity contribution in [2.75, 3.05) is 0 Å². The van der Waals surface area contributed by atoms with Gasteiger partial charge in [0.05, 0.1) is 5.56 Å². The van der Waals surface area contributed by atoms with Crippen LogP contribution in [0.15, 0.2) is 21.6 Å². The number of terminal acetylenes is 1. The Morgan fingerprint density at radius 1 is 1.62 bits per heavy atom. The van der Waals surface area contributed by atoms with Crippen LogP contribution in [0.25, 0.3) is 5.88 Å². The van der Waals surface area contributed by atoms with E-state index in [1.54, 1.807) is 0 Å². The molecule has 0 aliphatic carbocycles. The zero-order valence-corrected chi connectivity index (χ0v) is 10.8. The van der Waals surface area contributed by atoms with Crippen molar-refractivity contribution in [2.24, 2.45) is 7.05 Å². The maximum atomic E-state index is 11.9. The number of aryl methyl sites for hydroxylation is 1. The molecule has 0 aliphatic rings. The average molecular weight is 289 g/mol. The van der Waals surface area contributed by atoms with Crippen LogP contribution in [0.1, 0.15) is 11.3 Å². The van der Waals surface area contributed by atoms with E-state index in [4.69, 9.17) is 17.1 Å². The first-order chi connectivity index (χ1) is 10.6. The number of aromatic amines is 1. The van der Waals surface area contributed by atoms with Crippen molar-refractivity contribution >= 4 is 0 Å². The Morgan fingerprint density at radius 2 is 2.48 bits per heavy atom. The SMILES string of the molecule is [3H]n1ccc(OCc2c(C#C)noc2-n2nnn(C)c2=O)n1. The summed E-state index contributed by atoms with van der Waals surface area (Å²) in [5.41, 5.74) is 0.0129. The fourth-order valence-corrected chi connectivity index (χ4v) is 1.60. The van der Waals surface area contributed by atoms with E-state index in [0.717, 1.165) is 14.5 Å². The highest BCUT2D eigenvalue weighted by Gasteiger charge is 2.21. The van der Waals surface area contributed by atoms with E-state index in [1.807, 2.05) is 0 Å². The Labute approximate surface area is 118 Å². The molecule has 3 rings (SSSR count). The first kappa shape index (κ1) is 11.5. The summed E-state index contributed by atoms with van der Waals surface area (Å²) in [5.74, 6) is 2.58. The normalized spacial score (nSPS) is 11.1. The van der Waals surface area contributed by atoms with Crippen LogP contribution in [0.2, 0.25) is 1.41 Å². The zero-order chi connectivity index (χ0) is 15.7. The number of hydrogen-bond donors (Lipinski definition) is 1. The minimum absolute atomic E-state index is 0.0244. The molecular formula is C11H9N7O3. The van der Waals surface area contributed by atoms with E-state index in [0.29, 0.717) is 5.56 Å². The van der Waals surface area contributed by atoms with Crippen molar-refractivity contribution in [3.8, 4) is 24.1 Å². The van der Waals surface area contributed by atoms with Gasteiger partial charge in [-0.1, -0.05) is 5.16 Å². The van der Waals surface area contributed by atoms with Gasteiger partial charge in [-0.25, -0.2) is 4.79 Å². The molecule has 0 fully saturated rings. The van der Waals surface area contributed by atoms with E-state index in [2.05, 4.69) is 26.6 Å². The predicted molar refractivity (Wildman–Crippen MR) is 67.5 cm³/mol.